The molecule has 0 N–H and O–H groups in total. The van der Waals surface area contributed by atoms with E-state index < -0.39 is 0 Å². The number of amides is 1. The molecule has 1 unspecified atom stereocenters. The molecule has 2 aliphatic rings. The molecule has 1 aliphatic heterocycles. The number of hydrogen-bond donors (Lipinski definition) is 0. The first-order valence-corrected chi connectivity index (χ1v) is 5.26. The summed E-state index contributed by atoms with van der Waals surface area (Å²) < 4.78 is 0. The van der Waals surface area contributed by atoms with Gasteiger partial charge in [0.05, 0.1) is 0 Å². The minimum Gasteiger partial charge on any atom is -0.342 e. The van der Waals surface area contributed by atoms with Crippen molar-refractivity contribution in [3.63, 3.8) is 0 Å². The molecule has 1 saturated heterocycles. The summed E-state index contributed by atoms with van der Waals surface area (Å²) in [6.07, 6.45) is 5.11. The van der Waals surface area contributed by atoms with Crippen LogP contribution < -0.4 is 0 Å². The maximum absolute atomic E-state index is 10.6. The van der Waals surface area contributed by atoms with Gasteiger partial charge in [0, 0.05) is 31.7 Å². The quantitative estimate of drug-likeness (QED) is 0.587. The first-order chi connectivity index (χ1) is 6.31. The highest BCUT2D eigenvalue weighted by atomic mass is 16.1. The largest absolute Gasteiger partial charge is 0.342 e. The maximum Gasteiger partial charge on any atom is 0.209 e. The Balaban J connectivity index is 1.88. The first-order valence-electron chi connectivity index (χ1n) is 5.26. The summed E-state index contributed by atoms with van der Waals surface area (Å²) in [4.78, 5) is 15.0. The number of carbonyl (C=O) groups excluding carboxylic acids is 1. The van der Waals surface area contributed by atoms with Crippen LogP contribution in [0.25, 0.3) is 0 Å². The smallest absolute Gasteiger partial charge is 0.209 e. The molecule has 1 heterocycles. The lowest BCUT2D eigenvalue weighted by Crippen LogP contribution is -2.56. The van der Waals surface area contributed by atoms with Gasteiger partial charge in [-0.2, -0.15) is 0 Å². The highest BCUT2D eigenvalue weighted by Gasteiger charge is 2.31. The minimum absolute atomic E-state index is 0.559. The molecule has 1 aliphatic carbocycles. The molecule has 1 atom stereocenters. The molecule has 0 bridgehead atoms. The Hall–Kier alpha value is -0.570. The zero-order valence-electron chi connectivity index (χ0n) is 8.28. The van der Waals surface area contributed by atoms with Gasteiger partial charge in [0.2, 0.25) is 6.41 Å². The van der Waals surface area contributed by atoms with E-state index in [1.807, 2.05) is 4.90 Å². The summed E-state index contributed by atoms with van der Waals surface area (Å²) in [5.41, 5.74) is 0. The number of nitrogens with zero attached hydrogens (tertiary/aromatic N) is 2. The van der Waals surface area contributed by atoms with Crippen LogP contribution in [0.3, 0.4) is 0 Å². The van der Waals surface area contributed by atoms with Gasteiger partial charge in [0.1, 0.15) is 0 Å². The monoisotopic (exact) mass is 182 g/mol. The third kappa shape index (κ3) is 1.70. The topological polar surface area (TPSA) is 23.6 Å². The van der Waals surface area contributed by atoms with Gasteiger partial charge in [-0.25, -0.2) is 0 Å². The average molecular weight is 182 g/mol. The number of piperazine rings is 1. The molecular formula is C10H18N2O. The van der Waals surface area contributed by atoms with Crippen molar-refractivity contribution in [2.75, 3.05) is 19.6 Å². The lowest BCUT2D eigenvalue weighted by molar-refractivity contribution is -0.121. The van der Waals surface area contributed by atoms with Crippen LogP contribution in [0.2, 0.25) is 0 Å². The Kier molecular flexibility index (Phi) is 2.54. The van der Waals surface area contributed by atoms with E-state index in [0.29, 0.717) is 6.04 Å². The van der Waals surface area contributed by atoms with E-state index in [1.165, 1.54) is 19.3 Å². The molecule has 3 nitrogen and oxygen atoms in total. The average Bonchev–Trinajstić information content (AvgIpc) is 2.05. The lowest BCUT2D eigenvalue weighted by atomic mass is 9.90. The Labute approximate surface area is 79.7 Å². The van der Waals surface area contributed by atoms with Gasteiger partial charge in [-0.15, -0.1) is 0 Å². The molecule has 2 rings (SSSR count). The van der Waals surface area contributed by atoms with Crippen LogP contribution in [-0.4, -0.2) is 47.9 Å². The summed E-state index contributed by atoms with van der Waals surface area (Å²) in [5.74, 6) is 0. The van der Waals surface area contributed by atoms with Crippen LogP contribution in [0, 0.1) is 0 Å². The van der Waals surface area contributed by atoms with Crippen molar-refractivity contribution < 1.29 is 4.79 Å². The Morgan fingerprint density at radius 1 is 1.31 bits per heavy atom. The number of hydrogen-bond acceptors (Lipinski definition) is 2. The van der Waals surface area contributed by atoms with Crippen molar-refractivity contribution >= 4 is 6.41 Å². The van der Waals surface area contributed by atoms with Gasteiger partial charge in [-0.3, -0.25) is 9.69 Å². The first kappa shape index (κ1) is 9.00. The summed E-state index contributed by atoms with van der Waals surface area (Å²) >= 11 is 0. The number of rotatable bonds is 2. The van der Waals surface area contributed by atoms with Gasteiger partial charge in [-0.05, 0) is 19.8 Å². The van der Waals surface area contributed by atoms with Crippen molar-refractivity contribution in [1.82, 2.24) is 9.80 Å². The van der Waals surface area contributed by atoms with Crippen molar-refractivity contribution in [3.8, 4) is 0 Å². The molecule has 1 saturated carbocycles. The van der Waals surface area contributed by atoms with Gasteiger partial charge >= 0.3 is 0 Å². The van der Waals surface area contributed by atoms with Gasteiger partial charge in [0.25, 0.3) is 0 Å². The zero-order valence-corrected chi connectivity index (χ0v) is 8.28. The van der Waals surface area contributed by atoms with Crippen LogP contribution in [-0.2, 0) is 4.79 Å². The lowest BCUT2D eigenvalue weighted by Gasteiger charge is -2.46. The fourth-order valence-electron chi connectivity index (χ4n) is 2.36. The standard InChI is InChI=1S/C10H18N2O/c1-9-7-11(8-13)5-6-12(9)10-3-2-4-10/h8-10H,2-7H2,1H3. The minimum atomic E-state index is 0.559. The van der Waals surface area contributed by atoms with E-state index in [-0.39, 0.29) is 0 Å². The fraction of sp³-hybridized carbons (Fsp3) is 0.900. The molecular weight excluding hydrogens is 164 g/mol. The second-order valence-corrected chi connectivity index (χ2v) is 4.27. The van der Waals surface area contributed by atoms with Gasteiger partial charge < -0.3 is 4.90 Å². The maximum atomic E-state index is 10.6. The normalized spacial score (nSPS) is 31.5. The second-order valence-electron chi connectivity index (χ2n) is 4.27. The number of carbonyl (C=O) groups is 1. The summed E-state index contributed by atoms with van der Waals surface area (Å²) in [6, 6.07) is 1.38. The zero-order chi connectivity index (χ0) is 9.26. The Morgan fingerprint density at radius 2 is 2.08 bits per heavy atom. The van der Waals surface area contributed by atoms with E-state index in [2.05, 4.69) is 11.8 Å². The molecule has 0 spiro atoms. The predicted octanol–water partition coefficient (Wildman–Crippen LogP) is 0.701. The van der Waals surface area contributed by atoms with Crippen molar-refractivity contribution in [2.24, 2.45) is 0 Å². The third-order valence-corrected chi connectivity index (χ3v) is 3.40. The van der Waals surface area contributed by atoms with E-state index >= 15 is 0 Å². The van der Waals surface area contributed by atoms with Crippen LogP contribution in [0.4, 0.5) is 0 Å². The molecule has 3 heteroatoms. The van der Waals surface area contributed by atoms with E-state index in [0.717, 1.165) is 32.1 Å². The van der Waals surface area contributed by atoms with Crippen LogP contribution >= 0.6 is 0 Å². The summed E-state index contributed by atoms with van der Waals surface area (Å²) in [6.45, 7) is 5.14. The van der Waals surface area contributed by atoms with Gasteiger partial charge in [-0.1, -0.05) is 6.42 Å². The van der Waals surface area contributed by atoms with Crippen LogP contribution in [0.1, 0.15) is 26.2 Å². The molecule has 13 heavy (non-hydrogen) atoms. The van der Waals surface area contributed by atoms with E-state index in [4.69, 9.17) is 0 Å². The van der Waals surface area contributed by atoms with Crippen molar-refractivity contribution in [1.29, 1.82) is 0 Å². The van der Waals surface area contributed by atoms with Gasteiger partial charge in [0.15, 0.2) is 0 Å². The Bertz CT molecular complexity index is 191. The second kappa shape index (κ2) is 3.66. The van der Waals surface area contributed by atoms with Crippen LogP contribution in [0.15, 0.2) is 0 Å². The summed E-state index contributed by atoms with van der Waals surface area (Å²) in [5, 5.41) is 0. The highest BCUT2D eigenvalue weighted by molar-refractivity contribution is 5.47. The molecule has 0 aromatic carbocycles. The van der Waals surface area contributed by atoms with Crippen molar-refractivity contribution in [3.05, 3.63) is 0 Å². The molecule has 1 amide bonds. The van der Waals surface area contributed by atoms with Crippen molar-refractivity contribution in [2.45, 2.75) is 38.3 Å². The van der Waals surface area contributed by atoms with Crippen LogP contribution in [0.5, 0.6) is 0 Å². The third-order valence-electron chi connectivity index (χ3n) is 3.40. The molecule has 0 radical (unpaired) electrons. The molecule has 2 fully saturated rings. The van der Waals surface area contributed by atoms with E-state index in [1.54, 1.807) is 0 Å². The fourth-order valence-corrected chi connectivity index (χ4v) is 2.36. The molecule has 74 valence electrons. The molecule has 0 aromatic heterocycles. The Morgan fingerprint density at radius 3 is 2.54 bits per heavy atom. The summed E-state index contributed by atoms with van der Waals surface area (Å²) in [7, 11) is 0. The highest BCUT2D eigenvalue weighted by Crippen LogP contribution is 2.27. The molecule has 0 aromatic rings. The van der Waals surface area contributed by atoms with E-state index in [9.17, 15) is 4.79 Å². The SMILES string of the molecule is CC1CN(C=O)CCN1C1CCC1. The predicted molar refractivity (Wildman–Crippen MR) is 51.4 cm³/mol.